The molecule has 3 aromatic rings. The Bertz CT molecular complexity index is 2170. The van der Waals surface area contributed by atoms with E-state index in [9.17, 15) is 28.8 Å². The third kappa shape index (κ3) is 10.6. The number of hydrogen-bond donors (Lipinski definition) is 6. The molecule has 65 heavy (non-hydrogen) atoms. The summed E-state index contributed by atoms with van der Waals surface area (Å²) in [6, 6.07) is 11.4. The lowest BCUT2D eigenvalue weighted by atomic mass is 10.0. The average molecular weight is 920 g/mol. The van der Waals surface area contributed by atoms with E-state index in [2.05, 4.69) is 26.2 Å². The van der Waals surface area contributed by atoms with Crippen LogP contribution in [-0.4, -0.2) is 97.1 Å². The topological polar surface area (TPSA) is 231 Å². The van der Waals surface area contributed by atoms with Crippen LogP contribution in [0.15, 0.2) is 54.6 Å². The molecule has 0 bridgehead atoms. The SMILES string of the molecule is COC(=O)N[C@H](C(=O)N1CCC[C@H]1C(=O)Nc1ccc([C@H]2CC[C@H](c3ccc(NC(=O)[C@@H]4CCCN4C(=O)[C@@H](NC(=O)OC)C(C)C)c(N)c3)N2c2ccc(Cl)c(F)c2)cc1N)C(C)C. The highest BCUT2D eigenvalue weighted by molar-refractivity contribution is 6.30. The summed E-state index contributed by atoms with van der Waals surface area (Å²) in [5.74, 6) is -2.67. The van der Waals surface area contributed by atoms with Crippen molar-refractivity contribution in [2.45, 2.75) is 102 Å². The number of nitrogens with one attached hydrogen (secondary N) is 4. The van der Waals surface area contributed by atoms with Crippen molar-refractivity contribution in [3.63, 3.8) is 0 Å². The summed E-state index contributed by atoms with van der Waals surface area (Å²) in [6.07, 6.45) is 1.86. The van der Waals surface area contributed by atoms with Crippen LogP contribution in [0.1, 0.15) is 89.4 Å². The van der Waals surface area contributed by atoms with Gasteiger partial charge in [0.2, 0.25) is 23.6 Å². The molecule has 3 fully saturated rings. The number of benzene rings is 3. The molecule has 0 saturated carbocycles. The smallest absolute Gasteiger partial charge is 0.407 e. The third-order valence-electron chi connectivity index (χ3n) is 12.5. The molecule has 6 atom stereocenters. The summed E-state index contributed by atoms with van der Waals surface area (Å²) < 4.78 is 24.5. The summed E-state index contributed by atoms with van der Waals surface area (Å²) in [4.78, 5) is 83.6. The van der Waals surface area contributed by atoms with Gasteiger partial charge >= 0.3 is 12.2 Å². The predicted molar refractivity (Wildman–Crippen MR) is 245 cm³/mol. The van der Waals surface area contributed by atoms with Crippen molar-refractivity contribution in [1.82, 2.24) is 20.4 Å². The fraction of sp³-hybridized carbons (Fsp3) is 0.478. The second kappa shape index (κ2) is 20.7. The Labute approximate surface area is 383 Å². The third-order valence-corrected chi connectivity index (χ3v) is 12.8. The van der Waals surface area contributed by atoms with E-state index in [1.165, 1.54) is 36.2 Å². The number of amides is 6. The van der Waals surface area contributed by atoms with Gasteiger partial charge in [0.1, 0.15) is 30.0 Å². The number of hydrogen-bond acceptors (Lipinski definition) is 11. The Hall–Kier alpha value is -6.30. The number of halogens is 2. The largest absolute Gasteiger partial charge is 0.453 e. The molecule has 0 aliphatic carbocycles. The number of anilines is 5. The lowest BCUT2D eigenvalue weighted by molar-refractivity contribution is -0.139. The summed E-state index contributed by atoms with van der Waals surface area (Å²) in [7, 11) is 2.44. The minimum absolute atomic E-state index is 0.0290. The van der Waals surface area contributed by atoms with E-state index in [-0.39, 0.29) is 52.1 Å². The van der Waals surface area contributed by atoms with Crippen molar-refractivity contribution in [3.8, 4) is 0 Å². The second-order valence-corrected chi connectivity index (χ2v) is 17.8. The van der Waals surface area contributed by atoms with Gasteiger partial charge in [-0.3, -0.25) is 19.2 Å². The first kappa shape index (κ1) is 48.2. The number of nitrogens with zero attached hydrogens (tertiary/aromatic N) is 3. The lowest BCUT2D eigenvalue weighted by Crippen LogP contribution is -2.54. The van der Waals surface area contributed by atoms with E-state index in [1.807, 2.05) is 12.1 Å². The summed E-state index contributed by atoms with van der Waals surface area (Å²) >= 11 is 6.13. The van der Waals surface area contributed by atoms with Crippen molar-refractivity contribution >= 4 is 75.9 Å². The molecule has 17 nitrogen and oxygen atoms in total. The molecule has 0 aromatic heterocycles. The molecule has 3 aromatic carbocycles. The first-order valence-electron chi connectivity index (χ1n) is 21.9. The molecule has 6 amide bonds. The molecule has 350 valence electrons. The zero-order chi connectivity index (χ0) is 47.3. The van der Waals surface area contributed by atoms with Crippen LogP contribution >= 0.6 is 11.6 Å². The molecule has 3 saturated heterocycles. The number of nitrogens with two attached hydrogens (primary N) is 2. The van der Waals surface area contributed by atoms with Gasteiger partial charge in [0.15, 0.2) is 0 Å². The fourth-order valence-electron chi connectivity index (χ4n) is 9.07. The van der Waals surface area contributed by atoms with Crippen LogP contribution in [-0.2, 0) is 28.7 Å². The van der Waals surface area contributed by atoms with E-state index >= 15 is 4.39 Å². The molecule has 3 aliphatic rings. The van der Waals surface area contributed by atoms with Crippen molar-refractivity contribution in [3.05, 3.63) is 76.6 Å². The van der Waals surface area contributed by atoms with E-state index in [0.717, 1.165) is 11.1 Å². The summed E-state index contributed by atoms with van der Waals surface area (Å²) in [5.41, 5.74) is 16.7. The molecule has 3 heterocycles. The number of carbonyl (C=O) groups excluding carboxylic acids is 6. The first-order valence-corrected chi connectivity index (χ1v) is 22.3. The quantitative estimate of drug-likeness (QED) is 0.104. The summed E-state index contributed by atoms with van der Waals surface area (Å²) in [5, 5.41) is 11.0. The molecule has 0 radical (unpaired) electrons. The maximum absolute atomic E-state index is 15.1. The highest BCUT2D eigenvalue weighted by atomic mass is 35.5. The van der Waals surface area contributed by atoms with E-state index in [4.69, 9.17) is 32.5 Å². The maximum Gasteiger partial charge on any atom is 0.407 e. The summed E-state index contributed by atoms with van der Waals surface area (Å²) in [6.45, 7) is 7.89. The first-order chi connectivity index (χ1) is 30.9. The van der Waals surface area contributed by atoms with Crippen LogP contribution in [0.3, 0.4) is 0 Å². The molecule has 19 heteroatoms. The standard InChI is InChI=1S/C46H59ClFN9O8/c1-24(2)39(53-45(62)64-5)43(60)55-19-7-9-37(55)41(58)51-33-15-11-26(21-31(33)49)35-17-18-36(57(35)28-13-14-29(47)30(48)23-28)27-12-16-34(32(50)22-27)52-42(59)38-10-8-20-56(38)44(61)40(25(3)4)54-46(63)65-6/h11-16,21-25,35-40H,7-10,17-20,49-50H2,1-6H3,(H,51,58)(H,52,59)(H,53,62)(H,54,63)/t35-,36-,37+,38+,39+,40+/m1/s1. The van der Waals surface area contributed by atoms with Gasteiger partial charge in [-0.2, -0.15) is 0 Å². The normalized spacial score (nSPS) is 20.4. The van der Waals surface area contributed by atoms with Gasteiger partial charge in [0, 0.05) is 18.8 Å². The van der Waals surface area contributed by atoms with Crippen molar-refractivity contribution in [1.29, 1.82) is 0 Å². The minimum atomic E-state index is -0.878. The monoisotopic (exact) mass is 919 g/mol. The van der Waals surface area contributed by atoms with Gasteiger partial charge in [-0.25, -0.2) is 14.0 Å². The molecular formula is C46H59ClFN9O8. The second-order valence-electron chi connectivity index (χ2n) is 17.4. The number of alkyl carbamates (subject to hydrolysis) is 2. The maximum atomic E-state index is 15.1. The Balaban J connectivity index is 1.19. The van der Waals surface area contributed by atoms with Gasteiger partial charge < -0.3 is 56.9 Å². The number of methoxy groups -OCH3 is 2. The van der Waals surface area contributed by atoms with Gasteiger partial charge in [-0.05, 0) is 104 Å². The highest BCUT2D eigenvalue weighted by Crippen LogP contribution is 2.48. The van der Waals surface area contributed by atoms with E-state index in [1.54, 1.807) is 58.0 Å². The zero-order valence-corrected chi connectivity index (χ0v) is 38.2. The van der Waals surface area contributed by atoms with Crippen LogP contribution in [0.25, 0.3) is 0 Å². The van der Waals surface area contributed by atoms with Crippen LogP contribution in [0.2, 0.25) is 5.02 Å². The molecule has 0 unspecified atom stereocenters. The van der Waals surface area contributed by atoms with Gasteiger partial charge in [-0.15, -0.1) is 0 Å². The molecule has 0 spiro atoms. The van der Waals surface area contributed by atoms with Crippen molar-refractivity contribution in [2.24, 2.45) is 11.8 Å². The molecule has 8 N–H and O–H groups in total. The number of carbonyl (C=O) groups is 6. The van der Waals surface area contributed by atoms with Crippen molar-refractivity contribution < 1.29 is 42.6 Å². The fourth-order valence-corrected chi connectivity index (χ4v) is 9.19. The number of likely N-dealkylation sites (tertiary alicyclic amines) is 2. The molecular weight excluding hydrogens is 861 g/mol. The minimum Gasteiger partial charge on any atom is -0.453 e. The van der Waals surface area contributed by atoms with Gasteiger partial charge in [0.05, 0.1) is 54.1 Å². The van der Waals surface area contributed by atoms with Gasteiger partial charge in [0.25, 0.3) is 0 Å². The molecule has 3 aliphatic heterocycles. The van der Waals surface area contributed by atoms with E-state index < -0.39 is 54.0 Å². The Morgan fingerprint density at radius 2 is 1.09 bits per heavy atom. The molecule has 6 rings (SSSR count). The number of rotatable bonds is 13. The highest BCUT2D eigenvalue weighted by Gasteiger charge is 2.41. The van der Waals surface area contributed by atoms with E-state index in [0.29, 0.717) is 68.7 Å². The Kier molecular flexibility index (Phi) is 15.3. The van der Waals surface area contributed by atoms with Gasteiger partial charge in [-0.1, -0.05) is 51.4 Å². The van der Waals surface area contributed by atoms with Crippen LogP contribution < -0.4 is 37.6 Å². The Morgan fingerprint density at radius 1 is 0.662 bits per heavy atom. The lowest BCUT2D eigenvalue weighted by Gasteiger charge is -2.34. The van der Waals surface area contributed by atoms with Crippen LogP contribution in [0.5, 0.6) is 0 Å². The van der Waals surface area contributed by atoms with Crippen molar-refractivity contribution in [2.75, 3.05) is 54.3 Å². The van der Waals surface area contributed by atoms with Crippen LogP contribution in [0, 0.1) is 17.7 Å². The van der Waals surface area contributed by atoms with Crippen LogP contribution in [0.4, 0.5) is 42.4 Å². The zero-order valence-electron chi connectivity index (χ0n) is 37.5. The number of ether oxygens (including phenoxy) is 2. The average Bonchev–Trinajstić information content (AvgIpc) is 4.07. The predicted octanol–water partition coefficient (Wildman–Crippen LogP) is 6.35. The Morgan fingerprint density at radius 3 is 1.46 bits per heavy atom. The number of nitrogen functional groups attached to an aromatic ring is 2.